The molecule has 162 valence electrons. The van der Waals surface area contributed by atoms with E-state index in [-0.39, 0.29) is 24.1 Å². The van der Waals surface area contributed by atoms with Crippen molar-refractivity contribution in [2.24, 2.45) is 0 Å². The number of furan rings is 1. The Bertz CT molecular complexity index is 988. The Labute approximate surface area is 180 Å². The molecule has 3 N–H and O–H groups in total. The molecule has 31 heavy (non-hydrogen) atoms. The number of anilines is 3. The molecule has 0 radical (unpaired) electrons. The molecule has 0 unspecified atom stereocenters. The van der Waals surface area contributed by atoms with Crippen molar-refractivity contribution < 1.29 is 23.5 Å². The van der Waals surface area contributed by atoms with Crippen LogP contribution in [-0.2, 0) is 9.53 Å². The molecule has 0 saturated carbocycles. The van der Waals surface area contributed by atoms with Crippen LogP contribution < -0.4 is 20.7 Å². The molecule has 8 heteroatoms. The second kappa shape index (κ2) is 11.4. The third-order valence-corrected chi connectivity index (χ3v) is 4.16. The maximum Gasteiger partial charge on any atom is 0.291 e. The highest BCUT2D eigenvalue weighted by Crippen LogP contribution is 2.23. The standard InChI is InChI=1S/C23H25N3O5/c1-2-29-13-14-31-20-10-4-3-9-19(20)24-16-22(27)25-17-7-5-8-18(15-17)26-23(28)21-11-6-12-30-21/h3-12,15,24H,2,13-14,16H2,1H3,(H,25,27)(H,26,28). The number of benzene rings is 2. The van der Waals surface area contributed by atoms with Crippen molar-refractivity contribution in [1.29, 1.82) is 0 Å². The van der Waals surface area contributed by atoms with Gasteiger partial charge in [-0.25, -0.2) is 0 Å². The third kappa shape index (κ3) is 6.90. The Morgan fingerprint density at radius 3 is 2.52 bits per heavy atom. The number of carbonyl (C=O) groups is 2. The first kappa shape index (κ1) is 21.9. The van der Waals surface area contributed by atoms with E-state index < -0.39 is 0 Å². The normalized spacial score (nSPS) is 10.4. The van der Waals surface area contributed by atoms with Crippen molar-refractivity contribution in [3.05, 3.63) is 72.7 Å². The number of nitrogens with one attached hydrogen (secondary N) is 3. The van der Waals surface area contributed by atoms with Crippen LogP contribution in [0.25, 0.3) is 0 Å². The van der Waals surface area contributed by atoms with E-state index in [1.807, 2.05) is 31.2 Å². The molecule has 3 rings (SSSR count). The van der Waals surface area contributed by atoms with Crippen molar-refractivity contribution in [2.45, 2.75) is 6.92 Å². The molecule has 0 aliphatic carbocycles. The van der Waals surface area contributed by atoms with Crippen LogP contribution in [0.4, 0.5) is 17.1 Å². The van der Waals surface area contributed by atoms with Crippen LogP contribution in [0, 0.1) is 0 Å². The predicted octanol–water partition coefficient (Wildman–Crippen LogP) is 4.00. The summed E-state index contributed by atoms with van der Waals surface area (Å²) in [4.78, 5) is 24.5. The summed E-state index contributed by atoms with van der Waals surface area (Å²) < 4.78 is 16.1. The fraction of sp³-hybridized carbons (Fsp3) is 0.217. The summed E-state index contributed by atoms with van der Waals surface area (Å²) in [5, 5.41) is 8.61. The van der Waals surface area contributed by atoms with Crippen molar-refractivity contribution in [3.8, 4) is 5.75 Å². The summed E-state index contributed by atoms with van der Waals surface area (Å²) in [6, 6.07) is 17.5. The minimum Gasteiger partial charge on any atom is -0.489 e. The summed E-state index contributed by atoms with van der Waals surface area (Å²) in [5.41, 5.74) is 1.82. The van der Waals surface area contributed by atoms with Gasteiger partial charge in [-0.15, -0.1) is 0 Å². The smallest absolute Gasteiger partial charge is 0.291 e. The van der Waals surface area contributed by atoms with Crippen LogP contribution >= 0.6 is 0 Å². The van der Waals surface area contributed by atoms with Gasteiger partial charge in [-0.05, 0) is 49.4 Å². The molecule has 2 amide bonds. The van der Waals surface area contributed by atoms with Gasteiger partial charge in [-0.1, -0.05) is 18.2 Å². The van der Waals surface area contributed by atoms with Crippen molar-refractivity contribution in [1.82, 2.24) is 0 Å². The molecule has 0 spiro atoms. The molecular weight excluding hydrogens is 398 g/mol. The van der Waals surface area contributed by atoms with Gasteiger partial charge in [-0.2, -0.15) is 0 Å². The van der Waals surface area contributed by atoms with E-state index in [1.165, 1.54) is 6.26 Å². The van der Waals surface area contributed by atoms with Crippen LogP contribution in [0.2, 0.25) is 0 Å². The van der Waals surface area contributed by atoms with Gasteiger partial charge in [0, 0.05) is 18.0 Å². The van der Waals surface area contributed by atoms with Crippen molar-refractivity contribution in [3.63, 3.8) is 0 Å². The number of para-hydroxylation sites is 2. The molecule has 0 fully saturated rings. The van der Waals surface area contributed by atoms with Crippen LogP contribution in [-0.4, -0.2) is 38.2 Å². The average molecular weight is 423 g/mol. The molecule has 0 bridgehead atoms. The van der Waals surface area contributed by atoms with Gasteiger partial charge >= 0.3 is 0 Å². The van der Waals surface area contributed by atoms with Gasteiger partial charge in [0.2, 0.25) is 5.91 Å². The molecule has 1 heterocycles. The summed E-state index contributed by atoms with van der Waals surface area (Å²) in [7, 11) is 0. The Morgan fingerprint density at radius 1 is 0.935 bits per heavy atom. The van der Waals surface area contributed by atoms with E-state index in [9.17, 15) is 9.59 Å². The van der Waals surface area contributed by atoms with Gasteiger partial charge < -0.3 is 29.8 Å². The summed E-state index contributed by atoms with van der Waals surface area (Å²) >= 11 is 0. The van der Waals surface area contributed by atoms with Gasteiger partial charge in [0.25, 0.3) is 5.91 Å². The highest BCUT2D eigenvalue weighted by atomic mass is 16.5. The number of hydrogen-bond donors (Lipinski definition) is 3. The number of carbonyl (C=O) groups excluding carboxylic acids is 2. The minimum absolute atomic E-state index is 0.0504. The second-order valence-corrected chi connectivity index (χ2v) is 6.46. The molecule has 2 aromatic carbocycles. The van der Waals surface area contributed by atoms with E-state index in [1.54, 1.807) is 36.4 Å². The Hall–Kier alpha value is -3.78. The minimum atomic E-state index is -0.365. The SMILES string of the molecule is CCOCCOc1ccccc1NCC(=O)Nc1cccc(NC(=O)c2ccco2)c1. The molecule has 3 aromatic rings. The summed E-state index contributed by atoms with van der Waals surface area (Å²) in [6.45, 7) is 3.54. The Kier molecular flexibility index (Phi) is 8.07. The molecular formula is C23H25N3O5. The number of ether oxygens (including phenoxy) is 2. The van der Waals surface area contributed by atoms with Crippen molar-refractivity contribution in [2.75, 3.05) is 42.3 Å². The number of amides is 2. The molecule has 0 aliphatic rings. The molecule has 0 atom stereocenters. The highest BCUT2D eigenvalue weighted by Gasteiger charge is 2.10. The van der Waals surface area contributed by atoms with Gasteiger partial charge in [-0.3, -0.25) is 9.59 Å². The zero-order valence-electron chi connectivity index (χ0n) is 17.2. The fourth-order valence-electron chi connectivity index (χ4n) is 2.75. The van der Waals surface area contributed by atoms with Crippen LogP contribution in [0.5, 0.6) is 5.75 Å². The molecule has 0 saturated heterocycles. The predicted molar refractivity (Wildman–Crippen MR) is 119 cm³/mol. The van der Waals surface area contributed by atoms with E-state index >= 15 is 0 Å². The van der Waals surface area contributed by atoms with Crippen LogP contribution in [0.15, 0.2) is 71.3 Å². The van der Waals surface area contributed by atoms with E-state index in [2.05, 4.69) is 16.0 Å². The van der Waals surface area contributed by atoms with Crippen molar-refractivity contribution >= 4 is 28.9 Å². The first-order valence-corrected chi connectivity index (χ1v) is 9.94. The van der Waals surface area contributed by atoms with E-state index in [0.29, 0.717) is 42.6 Å². The Morgan fingerprint density at radius 2 is 1.74 bits per heavy atom. The number of hydrogen-bond acceptors (Lipinski definition) is 6. The lowest BCUT2D eigenvalue weighted by Gasteiger charge is -2.13. The lowest BCUT2D eigenvalue weighted by Crippen LogP contribution is -2.22. The summed E-state index contributed by atoms with van der Waals surface area (Å²) in [5.74, 6) is 0.258. The zero-order valence-corrected chi connectivity index (χ0v) is 17.2. The van der Waals surface area contributed by atoms with E-state index in [4.69, 9.17) is 13.9 Å². The summed E-state index contributed by atoms with van der Waals surface area (Å²) in [6.07, 6.45) is 1.43. The Balaban J connectivity index is 1.52. The third-order valence-electron chi connectivity index (χ3n) is 4.16. The van der Waals surface area contributed by atoms with Gasteiger partial charge in [0.05, 0.1) is 25.1 Å². The maximum atomic E-state index is 12.4. The first-order chi connectivity index (χ1) is 15.2. The van der Waals surface area contributed by atoms with Gasteiger partial charge in [0.1, 0.15) is 12.4 Å². The molecule has 0 aliphatic heterocycles. The molecule has 8 nitrogen and oxygen atoms in total. The monoisotopic (exact) mass is 423 g/mol. The van der Waals surface area contributed by atoms with Crippen LogP contribution in [0.3, 0.4) is 0 Å². The lowest BCUT2D eigenvalue weighted by molar-refractivity contribution is -0.114. The second-order valence-electron chi connectivity index (χ2n) is 6.46. The molecule has 1 aromatic heterocycles. The number of rotatable bonds is 11. The maximum absolute atomic E-state index is 12.4. The fourth-order valence-corrected chi connectivity index (χ4v) is 2.75. The topological polar surface area (TPSA) is 102 Å². The highest BCUT2D eigenvalue weighted by molar-refractivity contribution is 6.02. The largest absolute Gasteiger partial charge is 0.489 e. The van der Waals surface area contributed by atoms with Gasteiger partial charge in [0.15, 0.2) is 5.76 Å². The quantitative estimate of drug-likeness (QED) is 0.403. The lowest BCUT2D eigenvalue weighted by atomic mass is 10.2. The first-order valence-electron chi connectivity index (χ1n) is 9.94. The van der Waals surface area contributed by atoms with Crippen LogP contribution in [0.1, 0.15) is 17.5 Å². The average Bonchev–Trinajstić information content (AvgIpc) is 3.31. The van der Waals surface area contributed by atoms with E-state index in [0.717, 1.165) is 0 Å². The zero-order chi connectivity index (χ0) is 21.9.